The van der Waals surface area contributed by atoms with Gasteiger partial charge in [0.2, 0.25) is 0 Å². The minimum atomic E-state index is -0.933. The lowest BCUT2D eigenvalue weighted by atomic mass is 10.3. The molecule has 22 heavy (non-hydrogen) atoms. The Labute approximate surface area is 133 Å². The molecule has 0 aliphatic heterocycles. The van der Waals surface area contributed by atoms with Gasteiger partial charge >= 0.3 is 5.97 Å². The fourth-order valence-electron chi connectivity index (χ4n) is 1.37. The minimum Gasteiger partial charge on any atom is -0.480 e. The molecule has 0 spiro atoms. The highest BCUT2D eigenvalue weighted by molar-refractivity contribution is 5.67. The van der Waals surface area contributed by atoms with Crippen molar-refractivity contribution in [3.8, 4) is 0 Å². The highest BCUT2D eigenvalue weighted by Gasteiger charge is 1.92. The summed E-state index contributed by atoms with van der Waals surface area (Å²) in [5, 5.41) is 24.9. The van der Waals surface area contributed by atoms with Crippen molar-refractivity contribution in [1.82, 2.24) is 0 Å². The molecule has 0 amide bonds. The number of aliphatic hydroxyl groups excluding tert-OH is 2. The first-order valence-corrected chi connectivity index (χ1v) is 7.77. The van der Waals surface area contributed by atoms with E-state index in [0.717, 1.165) is 65.0 Å². The molecule has 134 valence electrons. The van der Waals surface area contributed by atoms with Crippen molar-refractivity contribution in [1.29, 1.82) is 0 Å². The molecule has 7 heteroatoms. The van der Waals surface area contributed by atoms with Crippen LogP contribution in [0, 0.1) is 0 Å². The SMILES string of the molecule is COCC(=O)O.OCCCCOCCCCOCCCCO. The van der Waals surface area contributed by atoms with Gasteiger partial charge in [-0.05, 0) is 38.5 Å². The van der Waals surface area contributed by atoms with Crippen LogP contribution in [0.15, 0.2) is 0 Å². The zero-order valence-electron chi connectivity index (χ0n) is 13.7. The smallest absolute Gasteiger partial charge is 0.329 e. The van der Waals surface area contributed by atoms with E-state index in [-0.39, 0.29) is 19.8 Å². The van der Waals surface area contributed by atoms with Crippen molar-refractivity contribution in [3.05, 3.63) is 0 Å². The Morgan fingerprint density at radius 1 is 0.773 bits per heavy atom. The number of carboxylic acids is 1. The lowest BCUT2D eigenvalue weighted by molar-refractivity contribution is -0.141. The monoisotopic (exact) mass is 324 g/mol. The van der Waals surface area contributed by atoms with Gasteiger partial charge in [-0.3, -0.25) is 0 Å². The summed E-state index contributed by atoms with van der Waals surface area (Å²) < 4.78 is 15.0. The van der Waals surface area contributed by atoms with E-state index in [1.807, 2.05) is 0 Å². The van der Waals surface area contributed by atoms with Crippen LogP contribution < -0.4 is 0 Å². The van der Waals surface area contributed by atoms with Gasteiger partial charge in [0.25, 0.3) is 0 Å². The third-order valence-corrected chi connectivity index (χ3v) is 2.49. The normalized spacial score (nSPS) is 10.1. The molecule has 0 aromatic rings. The van der Waals surface area contributed by atoms with Gasteiger partial charge in [-0.15, -0.1) is 0 Å². The Morgan fingerprint density at radius 2 is 1.14 bits per heavy atom. The van der Waals surface area contributed by atoms with Crippen molar-refractivity contribution >= 4 is 5.97 Å². The Hall–Kier alpha value is -0.730. The summed E-state index contributed by atoms with van der Waals surface area (Å²) in [7, 11) is 1.34. The third-order valence-electron chi connectivity index (χ3n) is 2.49. The van der Waals surface area contributed by atoms with Crippen LogP contribution in [0.5, 0.6) is 0 Å². The quantitative estimate of drug-likeness (QED) is 0.387. The van der Waals surface area contributed by atoms with Crippen molar-refractivity contribution < 1.29 is 34.3 Å². The number of hydrogen-bond acceptors (Lipinski definition) is 6. The third kappa shape index (κ3) is 27.6. The average molecular weight is 324 g/mol. The molecule has 0 bridgehead atoms. The largest absolute Gasteiger partial charge is 0.480 e. The van der Waals surface area contributed by atoms with Gasteiger partial charge in [0.15, 0.2) is 0 Å². The number of unbranched alkanes of at least 4 members (excludes halogenated alkanes) is 3. The number of aliphatic hydroxyl groups is 2. The molecule has 0 saturated heterocycles. The number of methoxy groups -OCH3 is 1. The molecule has 0 saturated carbocycles. The van der Waals surface area contributed by atoms with Gasteiger partial charge in [0.05, 0.1) is 0 Å². The molecule has 0 heterocycles. The Kier molecular flexibility index (Phi) is 24.1. The maximum Gasteiger partial charge on any atom is 0.329 e. The van der Waals surface area contributed by atoms with E-state index in [2.05, 4.69) is 4.74 Å². The van der Waals surface area contributed by atoms with Crippen LogP contribution >= 0.6 is 0 Å². The molecular formula is C15H32O7. The van der Waals surface area contributed by atoms with Gasteiger partial charge in [0.1, 0.15) is 6.61 Å². The molecular weight excluding hydrogens is 292 g/mol. The van der Waals surface area contributed by atoms with Crippen LogP contribution in [-0.4, -0.2) is 74.6 Å². The Bertz CT molecular complexity index is 198. The van der Waals surface area contributed by atoms with Gasteiger partial charge in [-0.25, -0.2) is 4.79 Å². The number of carbonyl (C=O) groups is 1. The highest BCUT2D eigenvalue weighted by Crippen LogP contribution is 1.95. The van der Waals surface area contributed by atoms with Gasteiger partial charge < -0.3 is 29.5 Å². The fraction of sp³-hybridized carbons (Fsp3) is 0.933. The summed E-state index contributed by atoms with van der Waals surface area (Å²) in [5.41, 5.74) is 0. The van der Waals surface area contributed by atoms with Crippen LogP contribution in [-0.2, 0) is 19.0 Å². The highest BCUT2D eigenvalue weighted by atomic mass is 16.5. The molecule has 0 atom stereocenters. The first kappa shape index (κ1) is 23.5. The van der Waals surface area contributed by atoms with E-state index in [1.54, 1.807) is 0 Å². The second-order valence-electron chi connectivity index (χ2n) is 4.62. The van der Waals surface area contributed by atoms with Crippen LogP contribution in [0.1, 0.15) is 38.5 Å². The van der Waals surface area contributed by atoms with Crippen molar-refractivity contribution in [2.75, 3.05) is 53.4 Å². The van der Waals surface area contributed by atoms with Crippen LogP contribution in [0.2, 0.25) is 0 Å². The molecule has 0 rings (SSSR count). The van der Waals surface area contributed by atoms with Crippen LogP contribution in [0.3, 0.4) is 0 Å². The zero-order valence-corrected chi connectivity index (χ0v) is 13.7. The lowest BCUT2D eigenvalue weighted by Gasteiger charge is -2.05. The lowest BCUT2D eigenvalue weighted by Crippen LogP contribution is -2.02. The van der Waals surface area contributed by atoms with Gasteiger partial charge in [-0.2, -0.15) is 0 Å². The van der Waals surface area contributed by atoms with Gasteiger partial charge in [-0.1, -0.05) is 0 Å². The molecule has 0 aliphatic rings. The van der Waals surface area contributed by atoms with Crippen LogP contribution in [0.4, 0.5) is 0 Å². The van der Waals surface area contributed by atoms with E-state index in [1.165, 1.54) is 7.11 Å². The first-order valence-electron chi connectivity index (χ1n) is 7.77. The summed E-state index contributed by atoms with van der Waals surface area (Å²) in [6.07, 6.45) is 5.59. The Morgan fingerprint density at radius 3 is 1.36 bits per heavy atom. The zero-order chi connectivity index (χ0) is 16.9. The van der Waals surface area contributed by atoms with Crippen LogP contribution in [0.25, 0.3) is 0 Å². The summed E-state index contributed by atoms with van der Waals surface area (Å²) >= 11 is 0. The molecule has 3 N–H and O–H groups in total. The fourth-order valence-corrected chi connectivity index (χ4v) is 1.37. The molecule has 0 aromatic carbocycles. The predicted octanol–water partition coefficient (Wildman–Crippen LogP) is 1.06. The summed E-state index contributed by atoms with van der Waals surface area (Å²) in [5.74, 6) is -0.933. The van der Waals surface area contributed by atoms with E-state index < -0.39 is 5.97 Å². The van der Waals surface area contributed by atoms with Crippen molar-refractivity contribution in [3.63, 3.8) is 0 Å². The van der Waals surface area contributed by atoms with Crippen molar-refractivity contribution in [2.24, 2.45) is 0 Å². The van der Waals surface area contributed by atoms with Gasteiger partial charge in [0, 0.05) is 46.8 Å². The Balaban J connectivity index is 0. The topological polar surface area (TPSA) is 105 Å². The van der Waals surface area contributed by atoms with E-state index in [9.17, 15) is 4.79 Å². The van der Waals surface area contributed by atoms with Crippen molar-refractivity contribution in [2.45, 2.75) is 38.5 Å². The average Bonchev–Trinajstić information content (AvgIpc) is 2.49. The summed E-state index contributed by atoms with van der Waals surface area (Å²) in [6.45, 7) is 3.36. The second kappa shape index (κ2) is 22.5. The van der Waals surface area contributed by atoms with E-state index >= 15 is 0 Å². The number of hydrogen-bond donors (Lipinski definition) is 3. The standard InChI is InChI=1S/C12H26O4.C3H6O3/c13-7-1-3-9-15-11-5-6-12-16-10-4-2-8-14;1-6-2-3(4)5/h13-14H,1-12H2;2H2,1H3,(H,4,5). The molecule has 0 aliphatic carbocycles. The summed E-state index contributed by atoms with van der Waals surface area (Å²) in [6, 6.07) is 0. The maximum absolute atomic E-state index is 9.47. The second-order valence-corrected chi connectivity index (χ2v) is 4.62. The molecule has 0 radical (unpaired) electrons. The van der Waals surface area contributed by atoms with E-state index in [4.69, 9.17) is 24.8 Å². The maximum atomic E-state index is 9.47. The molecule has 7 nitrogen and oxygen atoms in total. The molecule has 0 unspecified atom stereocenters. The predicted molar refractivity (Wildman–Crippen MR) is 83.0 cm³/mol. The number of aliphatic carboxylic acids is 1. The number of carboxylic acid groups (broad SMARTS) is 1. The molecule has 0 fully saturated rings. The number of rotatable bonds is 15. The number of ether oxygens (including phenoxy) is 3. The molecule has 0 aromatic heterocycles. The minimum absolute atomic E-state index is 0.208. The first-order chi connectivity index (χ1) is 10.7. The summed E-state index contributed by atoms with van der Waals surface area (Å²) in [4.78, 5) is 9.47. The van der Waals surface area contributed by atoms with E-state index in [0.29, 0.717) is 0 Å².